The van der Waals surface area contributed by atoms with Crippen LogP contribution in [0.25, 0.3) is 0 Å². The van der Waals surface area contributed by atoms with Crippen LogP contribution in [0.4, 0.5) is 0 Å². The molecule has 20 heavy (non-hydrogen) atoms. The summed E-state index contributed by atoms with van der Waals surface area (Å²) in [5.74, 6) is -2.89. The van der Waals surface area contributed by atoms with Gasteiger partial charge in [0.25, 0.3) is 0 Å². The van der Waals surface area contributed by atoms with Crippen LogP contribution in [0.15, 0.2) is 24.3 Å². The highest BCUT2D eigenvalue weighted by Crippen LogP contribution is 2.15. The van der Waals surface area contributed by atoms with E-state index in [9.17, 15) is 14.4 Å². The number of carboxylic acid groups (broad SMARTS) is 1. The van der Waals surface area contributed by atoms with Crippen molar-refractivity contribution >= 4 is 17.5 Å². The van der Waals surface area contributed by atoms with Crippen LogP contribution in [-0.4, -0.2) is 29.2 Å². The molecule has 1 rings (SSSR count). The van der Waals surface area contributed by atoms with Crippen molar-refractivity contribution in [2.45, 2.75) is 19.3 Å². The first-order chi connectivity index (χ1) is 9.54. The number of unbranched alkanes of at least 4 members (excludes halogenated alkanes) is 1. The fraction of sp³-hybridized carbons (Fsp3) is 0.286. The molecule has 0 bridgehead atoms. The molecule has 1 aromatic carbocycles. The van der Waals surface area contributed by atoms with Gasteiger partial charge in [-0.3, -0.25) is 9.59 Å². The zero-order valence-corrected chi connectivity index (χ0v) is 10.7. The van der Waals surface area contributed by atoms with Gasteiger partial charge in [0.15, 0.2) is 5.78 Å². The lowest BCUT2D eigenvalue weighted by Crippen LogP contribution is -2.17. The van der Waals surface area contributed by atoms with E-state index in [1.54, 1.807) is 12.1 Å². The van der Waals surface area contributed by atoms with E-state index in [0.717, 1.165) is 0 Å². The van der Waals surface area contributed by atoms with Crippen molar-refractivity contribution in [3.05, 3.63) is 29.8 Å². The van der Waals surface area contributed by atoms with Gasteiger partial charge in [0, 0.05) is 12.0 Å². The number of benzene rings is 1. The van der Waals surface area contributed by atoms with Gasteiger partial charge in [-0.25, -0.2) is 4.79 Å². The minimum atomic E-state index is -1.62. The summed E-state index contributed by atoms with van der Waals surface area (Å²) in [4.78, 5) is 33.1. The lowest BCUT2D eigenvalue weighted by atomic mass is 10.1. The van der Waals surface area contributed by atoms with Gasteiger partial charge in [0.05, 0.1) is 19.1 Å². The number of ketones is 2. The number of carboxylic acids is 1. The molecule has 6 nitrogen and oxygen atoms in total. The Morgan fingerprint density at radius 3 is 2.70 bits per heavy atom. The van der Waals surface area contributed by atoms with Gasteiger partial charge in [-0.15, -0.1) is 0 Å². The number of hydrogen-bond acceptors (Lipinski definition) is 5. The largest absolute Gasteiger partial charge is 0.494 e. The van der Waals surface area contributed by atoms with Crippen molar-refractivity contribution in [2.75, 3.05) is 6.61 Å². The highest BCUT2D eigenvalue weighted by atomic mass is 16.5. The molecule has 6 heteroatoms. The van der Waals surface area contributed by atoms with E-state index in [2.05, 4.69) is 0 Å². The molecule has 0 heterocycles. The molecule has 0 radical (unpaired) electrons. The summed E-state index contributed by atoms with van der Waals surface area (Å²) in [6, 6.07) is 8.15. The van der Waals surface area contributed by atoms with Crippen molar-refractivity contribution in [2.24, 2.45) is 0 Å². The van der Waals surface area contributed by atoms with Crippen molar-refractivity contribution in [1.82, 2.24) is 0 Å². The number of aliphatic carboxylic acids is 1. The third kappa shape index (κ3) is 4.90. The van der Waals surface area contributed by atoms with E-state index in [1.807, 2.05) is 6.07 Å². The molecule has 0 aliphatic carbocycles. The SMILES string of the molecule is N#CCCCOc1cccc(C(=O)CC(=O)C(=O)O)c1. The first-order valence-electron chi connectivity index (χ1n) is 5.93. The minimum Gasteiger partial charge on any atom is -0.494 e. The van der Waals surface area contributed by atoms with E-state index in [-0.39, 0.29) is 5.56 Å². The smallest absolute Gasteiger partial charge is 0.372 e. The van der Waals surface area contributed by atoms with Crippen LogP contribution in [0.2, 0.25) is 0 Å². The summed E-state index contributed by atoms with van der Waals surface area (Å²) in [6.07, 6.45) is 0.283. The molecule has 1 N–H and O–H groups in total. The number of nitrogens with zero attached hydrogens (tertiary/aromatic N) is 1. The Morgan fingerprint density at radius 2 is 2.05 bits per heavy atom. The summed E-state index contributed by atoms with van der Waals surface area (Å²) in [7, 11) is 0. The Kier molecular flexibility index (Phi) is 5.91. The normalized spacial score (nSPS) is 9.55. The van der Waals surface area contributed by atoms with E-state index < -0.39 is 24.0 Å². The molecular weight excluding hydrogens is 262 g/mol. The number of carbonyl (C=O) groups is 3. The second-order valence-electron chi connectivity index (χ2n) is 3.97. The van der Waals surface area contributed by atoms with Crippen molar-refractivity contribution in [3.8, 4) is 11.8 Å². The summed E-state index contributed by atoms with van der Waals surface area (Å²) < 4.78 is 5.35. The highest BCUT2D eigenvalue weighted by molar-refractivity contribution is 6.37. The van der Waals surface area contributed by atoms with Crippen molar-refractivity contribution in [3.63, 3.8) is 0 Å². The first-order valence-corrected chi connectivity index (χ1v) is 5.93. The maximum atomic E-state index is 11.7. The minimum absolute atomic E-state index is 0.220. The molecule has 0 spiro atoms. The zero-order valence-electron chi connectivity index (χ0n) is 10.7. The third-order valence-electron chi connectivity index (χ3n) is 2.42. The van der Waals surface area contributed by atoms with Gasteiger partial charge in [0.1, 0.15) is 5.75 Å². The highest BCUT2D eigenvalue weighted by Gasteiger charge is 2.17. The quantitative estimate of drug-likeness (QED) is 0.334. The molecule has 0 saturated heterocycles. The molecule has 0 fully saturated rings. The van der Waals surface area contributed by atoms with Crippen LogP contribution in [0.1, 0.15) is 29.6 Å². The standard InChI is InChI=1S/C14H13NO5/c15-6-1-2-7-20-11-5-3-4-10(8-11)12(16)9-13(17)14(18)19/h3-5,8H,1-2,7,9H2,(H,18,19). The second-order valence-corrected chi connectivity index (χ2v) is 3.97. The molecule has 104 valence electrons. The molecule has 0 atom stereocenters. The molecule has 0 saturated carbocycles. The lowest BCUT2D eigenvalue weighted by molar-refractivity contribution is -0.148. The Morgan fingerprint density at radius 1 is 1.30 bits per heavy atom. The van der Waals surface area contributed by atoms with Crippen LogP contribution in [0, 0.1) is 11.3 Å². The van der Waals surface area contributed by atoms with Gasteiger partial charge in [-0.1, -0.05) is 12.1 Å². The Bertz CT molecular complexity index is 559. The maximum absolute atomic E-state index is 11.7. The van der Waals surface area contributed by atoms with Crippen LogP contribution < -0.4 is 4.74 Å². The summed E-state index contributed by atoms with van der Waals surface area (Å²) in [5, 5.41) is 16.8. The number of hydrogen-bond donors (Lipinski definition) is 1. The van der Waals surface area contributed by atoms with Crippen LogP contribution >= 0.6 is 0 Å². The molecule has 0 aromatic heterocycles. The zero-order chi connectivity index (χ0) is 15.0. The van der Waals surface area contributed by atoms with Gasteiger partial charge in [-0.05, 0) is 18.6 Å². The number of rotatable bonds is 8. The molecular formula is C14H13NO5. The van der Waals surface area contributed by atoms with Crippen LogP contribution in [-0.2, 0) is 9.59 Å². The number of carbonyl (C=O) groups excluding carboxylic acids is 2. The Hall–Kier alpha value is -2.68. The maximum Gasteiger partial charge on any atom is 0.372 e. The van der Waals surface area contributed by atoms with Crippen LogP contribution in [0.3, 0.4) is 0 Å². The van der Waals surface area contributed by atoms with E-state index in [4.69, 9.17) is 15.1 Å². The Balaban J connectivity index is 2.63. The van der Waals surface area contributed by atoms with Gasteiger partial charge < -0.3 is 9.84 Å². The predicted octanol–water partition coefficient (Wildman–Crippen LogP) is 1.60. The number of Topliss-reactive ketones (excluding diaryl/α,β-unsaturated/α-hetero) is 2. The van der Waals surface area contributed by atoms with Crippen LogP contribution in [0.5, 0.6) is 5.75 Å². The van der Waals surface area contributed by atoms with Crippen molar-refractivity contribution < 1.29 is 24.2 Å². The second kappa shape index (κ2) is 7.69. The topological polar surface area (TPSA) is 104 Å². The fourth-order valence-corrected chi connectivity index (χ4v) is 1.42. The van der Waals surface area contributed by atoms with E-state index in [1.165, 1.54) is 12.1 Å². The van der Waals surface area contributed by atoms with Gasteiger partial charge >= 0.3 is 5.97 Å². The third-order valence-corrected chi connectivity index (χ3v) is 2.42. The molecule has 0 amide bonds. The fourth-order valence-electron chi connectivity index (χ4n) is 1.42. The first kappa shape index (κ1) is 15.4. The Labute approximate surface area is 115 Å². The van der Waals surface area contributed by atoms with E-state index in [0.29, 0.717) is 25.2 Å². The average molecular weight is 275 g/mol. The molecule has 1 aromatic rings. The summed E-state index contributed by atoms with van der Waals surface area (Å²) in [5.41, 5.74) is 0.220. The molecule has 0 aliphatic rings. The van der Waals surface area contributed by atoms with Crippen molar-refractivity contribution in [1.29, 1.82) is 5.26 Å². The lowest BCUT2D eigenvalue weighted by Gasteiger charge is -2.06. The summed E-state index contributed by atoms with van der Waals surface area (Å²) >= 11 is 0. The van der Waals surface area contributed by atoms with E-state index >= 15 is 0 Å². The molecule has 0 aliphatic heterocycles. The predicted molar refractivity (Wildman–Crippen MR) is 68.4 cm³/mol. The molecule has 0 unspecified atom stereocenters. The number of nitriles is 1. The average Bonchev–Trinajstić information content (AvgIpc) is 2.43. The monoisotopic (exact) mass is 275 g/mol. The number of ether oxygens (including phenoxy) is 1. The summed E-state index contributed by atoms with van der Waals surface area (Å²) in [6.45, 7) is 0.346. The van der Waals surface area contributed by atoms with Gasteiger partial charge in [0.2, 0.25) is 5.78 Å². The van der Waals surface area contributed by atoms with Gasteiger partial charge in [-0.2, -0.15) is 5.26 Å².